The lowest BCUT2D eigenvalue weighted by Crippen LogP contribution is -2.19. The highest BCUT2D eigenvalue weighted by Gasteiger charge is 2.09. The zero-order valence-corrected chi connectivity index (χ0v) is 12.2. The summed E-state index contributed by atoms with van der Waals surface area (Å²) in [6, 6.07) is 11.0. The Hall–Kier alpha value is -1.94. The number of hydrogen-bond donors (Lipinski definition) is 1. The molecule has 1 atom stereocenters. The van der Waals surface area contributed by atoms with Gasteiger partial charge in [-0.3, -0.25) is 0 Å². The fourth-order valence-corrected chi connectivity index (χ4v) is 2.20. The van der Waals surface area contributed by atoms with Gasteiger partial charge in [-0.25, -0.2) is 8.78 Å². The van der Waals surface area contributed by atoms with Crippen LogP contribution in [0.2, 0.25) is 0 Å². The second-order valence-electron chi connectivity index (χ2n) is 4.76. The van der Waals surface area contributed by atoms with Gasteiger partial charge in [0.05, 0.1) is 0 Å². The van der Waals surface area contributed by atoms with Gasteiger partial charge >= 0.3 is 0 Å². The minimum absolute atomic E-state index is 0.0166. The summed E-state index contributed by atoms with van der Waals surface area (Å²) >= 11 is 0. The van der Waals surface area contributed by atoms with Gasteiger partial charge in [0, 0.05) is 12.1 Å². The normalized spacial score (nSPS) is 12.2. The van der Waals surface area contributed by atoms with Gasteiger partial charge in [-0.2, -0.15) is 0 Å². The van der Waals surface area contributed by atoms with Gasteiger partial charge in [0.1, 0.15) is 11.6 Å². The molecular weight excluding hydrogens is 272 g/mol. The third-order valence-electron chi connectivity index (χ3n) is 3.26. The number of ether oxygens (including phenoxy) is 1. The Morgan fingerprint density at radius 2 is 1.76 bits per heavy atom. The minimum Gasteiger partial charge on any atom is -0.454 e. The Kier molecular flexibility index (Phi) is 5.28. The highest BCUT2D eigenvalue weighted by molar-refractivity contribution is 5.34. The average Bonchev–Trinajstić information content (AvgIpc) is 2.48. The molecule has 0 bridgehead atoms. The van der Waals surface area contributed by atoms with Crippen molar-refractivity contribution in [2.45, 2.75) is 26.3 Å². The van der Waals surface area contributed by atoms with Crippen LogP contribution in [-0.2, 0) is 0 Å². The minimum atomic E-state index is -0.710. The summed E-state index contributed by atoms with van der Waals surface area (Å²) in [4.78, 5) is 0. The van der Waals surface area contributed by atoms with E-state index in [0.717, 1.165) is 24.6 Å². The third kappa shape index (κ3) is 4.02. The zero-order chi connectivity index (χ0) is 15.2. The maximum absolute atomic E-state index is 13.5. The summed E-state index contributed by atoms with van der Waals surface area (Å²) in [5.41, 5.74) is 1.16. The molecule has 2 aromatic carbocycles. The van der Waals surface area contributed by atoms with Crippen LogP contribution in [0.5, 0.6) is 11.5 Å². The summed E-state index contributed by atoms with van der Waals surface area (Å²) in [5, 5.41) is 3.39. The predicted octanol–water partition coefficient (Wildman–Crippen LogP) is 4.82. The first-order valence-electron chi connectivity index (χ1n) is 7.10. The summed E-state index contributed by atoms with van der Waals surface area (Å²) < 4.78 is 31.8. The zero-order valence-electron chi connectivity index (χ0n) is 12.2. The molecule has 1 unspecified atom stereocenters. The molecule has 2 rings (SSSR count). The van der Waals surface area contributed by atoms with E-state index in [1.54, 1.807) is 12.1 Å². The van der Waals surface area contributed by atoms with E-state index >= 15 is 0 Å². The van der Waals surface area contributed by atoms with Crippen molar-refractivity contribution < 1.29 is 13.5 Å². The Morgan fingerprint density at radius 3 is 2.33 bits per heavy atom. The van der Waals surface area contributed by atoms with Gasteiger partial charge in [0.15, 0.2) is 11.6 Å². The molecule has 112 valence electrons. The highest BCUT2D eigenvalue weighted by atomic mass is 19.1. The maximum Gasteiger partial charge on any atom is 0.168 e. The van der Waals surface area contributed by atoms with Gasteiger partial charge in [-0.15, -0.1) is 0 Å². The topological polar surface area (TPSA) is 21.3 Å². The summed E-state index contributed by atoms with van der Waals surface area (Å²) in [7, 11) is 0. The van der Waals surface area contributed by atoms with E-state index in [4.69, 9.17) is 4.74 Å². The first kappa shape index (κ1) is 15.4. The molecule has 4 heteroatoms. The molecule has 1 N–H and O–H groups in total. The average molecular weight is 291 g/mol. The second kappa shape index (κ2) is 7.18. The Balaban J connectivity index is 2.11. The highest BCUT2D eigenvalue weighted by Crippen LogP contribution is 2.26. The van der Waals surface area contributed by atoms with E-state index in [9.17, 15) is 8.78 Å². The molecule has 0 aromatic heterocycles. The molecule has 0 amide bonds. The number of nitrogens with one attached hydrogen (secondary N) is 1. The lowest BCUT2D eigenvalue weighted by molar-refractivity contribution is 0.437. The smallest absolute Gasteiger partial charge is 0.168 e. The molecule has 2 aromatic rings. The van der Waals surface area contributed by atoms with Crippen LogP contribution < -0.4 is 10.1 Å². The van der Waals surface area contributed by atoms with Gasteiger partial charge in [-0.05, 0) is 42.8 Å². The number of hydrogen-bond acceptors (Lipinski definition) is 2. The van der Waals surface area contributed by atoms with E-state index in [-0.39, 0.29) is 5.75 Å². The first-order valence-corrected chi connectivity index (χ1v) is 7.10. The maximum atomic E-state index is 13.5. The van der Waals surface area contributed by atoms with E-state index in [1.165, 1.54) is 12.1 Å². The van der Waals surface area contributed by atoms with Crippen LogP contribution in [0.3, 0.4) is 0 Å². The lowest BCUT2D eigenvalue weighted by Gasteiger charge is -2.16. The summed E-state index contributed by atoms with van der Waals surface area (Å²) in [6.45, 7) is 5.08. The van der Waals surface area contributed by atoms with E-state index < -0.39 is 11.6 Å². The van der Waals surface area contributed by atoms with Crippen LogP contribution in [0.25, 0.3) is 0 Å². The van der Waals surface area contributed by atoms with Gasteiger partial charge in [0.25, 0.3) is 0 Å². The third-order valence-corrected chi connectivity index (χ3v) is 3.26. The molecule has 0 saturated heterocycles. The lowest BCUT2D eigenvalue weighted by atomic mass is 10.0. The predicted molar refractivity (Wildman–Crippen MR) is 79.6 cm³/mol. The van der Waals surface area contributed by atoms with Crippen molar-refractivity contribution in [3.8, 4) is 11.5 Å². The number of rotatable bonds is 6. The van der Waals surface area contributed by atoms with Crippen molar-refractivity contribution in [3.63, 3.8) is 0 Å². The molecule has 0 fully saturated rings. The molecule has 0 heterocycles. The van der Waals surface area contributed by atoms with Crippen molar-refractivity contribution in [2.75, 3.05) is 6.54 Å². The molecule has 21 heavy (non-hydrogen) atoms. The van der Waals surface area contributed by atoms with Gasteiger partial charge in [-0.1, -0.05) is 26.0 Å². The van der Waals surface area contributed by atoms with Crippen molar-refractivity contribution in [2.24, 2.45) is 0 Å². The fourth-order valence-electron chi connectivity index (χ4n) is 2.20. The first-order chi connectivity index (χ1) is 10.1. The van der Waals surface area contributed by atoms with Gasteiger partial charge < -0.3 is 10.1 Å². The van der Waals surface area contributed by atoms with Crippen LogP contribution in [0.1, 0.15) is 31.9 Å². The molecule has 0 spiro atoms. The van der Waals surface area contributed by atoms with Crippen LogP contribution in [0.15, 0.2) is 42.5 Å². The van der Waals surface area contributed by atoms with Crippen LogP contribution in [0, 0.1) is 11.6 Å². The Labute approximate surface area is 123 Å². The monoisotopic (exact) mass is 291 g/mol. The Bertz CT molecular complexity index is 584. The standard InChI is InChI=1S/C17H19F2NO/c1-3-16(20-4-2)12-5-8-14(9-6-12)21-17-10-7-13(18)11-15(17)19/h5-11,16,20H,3-4H2,1-2H3. The van der Waals surface area contributed by atoms with Crippen LogP contribution in [0.4, 0.5) is 8.78 Å². The van der Waals surface area contributed by atoms with E-state index in [1.807, 2.05) is 12.1 Å². The summed E-state index contributed by atoms with van der Waals surface area (Å²) in [5.74, 6) is -0.789. The van der Waals surface area contributed by atoms with Crippen molar-refractivity contribution >= 4 is 0 Å². The quantitative estimate of drug-likeness (QED) is 0.824. The fraction of sp³-hybridized carbons (Fsp3) is 0.294. The molecule has 0 aliphatic carbocycles. The molecule has 0 saturated carbocycles. The Morgan fingerprint density at radius 1 is 1.05 bits per heavy atom. The molecule has 0 aliphatic heterocycles. The summed E-state index contributed by atoms with van der Waals surface area (Å²) in [6.07, 6.45) is 0.987. The van der Waals surface area contributed by atoms with E-state index in [0.29, 0.717) is 11.8 Å². The van der Waals surface area contributed by atoms with Crippen molar-refractivity contribution in [3.05, 3.63) is 59.7 Å². The van der Waals surface area contributed by atoms with E-state index in [2.05, 4.69) is 19.2 Å². The molecule has 0 aliphatic rings. The SMILES string of the molecule is CCNC(CC)c1ccc(Oc2ccc(F)cc2F)cc1. The molecule has 0 radical (unpaired) electrons. The number of halogens is 2. The molecule has 2 nitrogen and oxygen atoms in total. The van der Waals surface area contributed by atoms with Crippen molar-refractivity contribution in [1.29, 1.82) is 0 Å². The number of benzene rings is 2. The van der Waals surface area contributed by atoms with Crippen molar-refractivity contribution in [1.82, 2.24) is 5.32 Å². The van der Waals surface area contributed by atoms with Crippen LogP contribution >= 0.6 is 0 Å². The van der Waals surface area contributed by atoms with Gasteiger partial charge in [0.2, 0.25) is 0 Å². The largest absolute Gasteiger partial charge is 0.454 e. The molecular formula is C17H19F2NO. The van der Waals surface area contributed by atoms with Crippen LogP contribution in [-0.4, -0.2) is 6.54 Å². The second-order valence-corrected chi connectivity index (χ2v) is 4.76.